The molecular formula is C23H24N4O5. The van der Waals surface area contributed by atoms with E-state index in [1.807, 2.05) is 0 Å². The van der Waals surface area contributed by atoms with E-state index in [4.69, 9.17) is 4.74 Å². The van der Waals surface area contributed by atoms with E-state index in [1.165, 1.54) is 18.6 Å². The van der Waals surface area contributed by atoms with Crippen molar-refractivity contribution in [3.05, 3.63) is 69.4 Å². The second-order valence-corrected chi connectivity index (χ2v) is 7.61. The van der Waals surface area contributed by atoms with Crippen LogP contribution in [0.5, 0.6) is 5.75 Å². The fourth-order valence-corrected chi connectivity index (χ4v) is 3.96. The maximum Gasteiger partial charge on any atom is 0.336 e. The van der Waals surface area contributed by atoms with Crippen LogP contribution >= 0.6 is 0 Å². The van der Waals surface area contributed by atoms with E-state index in [2.05, 4.69) is 0 Å². The Morgan fingerprint density at radius 2 is 1.62 bits per heavy atom. The van der Waals surface area contributed by atoms with Gasteiger partial charge in [0.25, 0.3) is 5.56 Å². The molecule has 0 bridgehead atoms. The summed E-state index contributed by atoms with van der Waals surface area (Å²) >= 11 is 0. The number of rotatable bonds is 4. The van der Waals surface area contributed by atoms with Crippen molar-refractivity contribution in [1.29, 1.82) is 0 Å². The molecule has 9 nitrogen and oxygen atoms in total. The maximum absolute atomic E-state index is 13.4. The van der Waals surface area contributed by atoms with E-state index in [9.17, 15) is 19.2 Å². The Balaban J connectivity index is 1.76. The molecule has 0 N–H and O–H groups in total. The molecule has 32 heavy (non-hydrogen) atoms. The van der Waals surface area contributed by atoms with E-state index in [1.54, 1.807) is 58.3 Å². The lowest BCUT2D eigenvalue weighted by atomic mass is 10.2. The van der Waals surface area contributed by atoms with Gasteiger partial charge in [-0.1, -0.05) is 18.2 Å². The fourth-order valence-electron chi connectivity index (χ4n) is 3.96. The van der Waals surface area contributed by atoms with Crippen LogP contribution in [0.25, 0.3) is 16.6 Å². The number of carbonyl (C=O) groups excluding carboxylic acids is 2. The summed E-state index contributed by atoms with van der Waals surface area (Å²) in [5.74, 6) is 0.244. The summed E-state index contributed by atoms with van der Waals surface area (Å²) in [5, 5.41) is 0.337. The second-order valence-electron chi connectivity index (χ2n) is 7.61. The molecule has 4 rings (SSSR count). The highest BCUT2D eigenvalue weighted by Crippen LogP contribution is 2.16. The van der Waals surface area contributed by atoms with Crippen molar-refractivity contribution >= 4 is 22.7 Å². The van der Waals surface area contributed by atoms with Gasteiger partial charge in [-0.3, -0.25) is 19.0 Å². The van der Waals surface area contributed by atoms with E-state index in [-0.39, 0.29) is 18.4 Å². The highest BCUT2D eigenvalue weighted by atomic mass is 16.5. The van der Waals surface area contributed by atoms with E-state index >= 15 is 0 Å². The highest BCUT2D eigenvalue weighted by molar-refractivity contribution is 5.82. The van der Waals surface area contributed by atoms with Crippen LogP contribution in [0.2, 0.25) is 0 Å². The summed E-state index contributed by atoms with van der Waals surface area (Å²) in [7, 11) is 1.51. The number of hydrogen-bond acceptors (Lipinski definition) is 5. The summed E-state index contributed by atoms with van der Waals surface area (Å²) in [6.45, 7) is 3.02. The number of aromatic nitrogens is 2. The van der Waals surface area contributed by atoms with Crippen LogP contribution in [-0.4, -0.2) is 64.0 Å². The first-order valence-electron chi connectivity index (χ1n) is 10.3. The van der Waals surface area contributed by atoms with Crippen LogP contribution < -0.4 is 16.0 Å². The lowest BCUT2D eigenvalue weighted by Gasteiger charge is -2.34. The molecule has 0 radical (unpaired) electrons. The summed E-state index contributed by atoms with van der Waals surface area (Å²) < 4.78 is 7.62. The van der Waals surface area contributed by atoms with Crippen molar-refractivity contribution in [3.8, 4) is 11.4 Å². The van der Waals surface area contributed by atoms with Gasteiger partial charge < -0.3 is 14.5 Å². The minimum Gasteiger partial charge on any atom is -0.497 e. The molecule has 9 heteroatoms. The molecule has 1 saturated heterocycles. The monoisotopic (exact) mass is 436 g/mol. The molecule has 0 aliphatic carbocycles. The van der Waals surface area contributed by atoms with Gasteiger partial charge in [0.2, 0.25) is 11.8 Å². The molecule has 2 heterocycles. The van der Waals surface area contributed by atoms with Gasteiger partial charge in [-0.15, -0.1) is 0 Å². The summed E-state index contributed by atoms with van der Waals surface area (Å²) in [5.41, 5.74) is -0.297. The first kappa shape index (κ1) is 21.4. The van der Waals surface area contributed by atoms with Crippen molar-refractivity contribution in [2.24, 2.45) is 0 Å². The van der Waals surface area contributed by atoms with Crippen LogP contribution in [0, 0.1) is 0 Å². The highest BCUT2D eigenvalue weighted by Gasteiger charge is 2.24. The van der Waals surface area contributed by atoms with Gasteiger partial charge in [0.05, 0.1) is 23.7 Å². The zero-order valence-corrected chi connectivity index (χ0v) is 18.0. The second kappa shape index (κ2) is 8.70. The number of para-hydroxylation sites is 1. The molecule has 1 aromatic heterocycles. The SMILES string of the molecule is COc1cccc(-n2c(=O)c3ccccc3n(CC(=O)N3CCN(C(C)=O)CC3)c2=O)c1. The quantitative estimate of drug-likeness (QED) is 0.605. The Hall–Kier alpha value is -3.88. The average molecular weight is 436 g/mol. The first-order valence-corrected chi connectivity index (χ1v) is 10.3. The number of methoxy groups -OCH3 is 1. The Labute approximate surface area is 184 Å². The molecule has 0 atom stereocenters. The third kappa shape index (κ3) is 3.89. The first-order chi connectivity index (χ1) is 15.4. The van der Waals surface area contributed by atoms with Crippen LogP contribution in [0.15, 0.2) is 58.1 Å². The number of nitrogens with zero attached hydrogens (tertiary/aromatic N) is 4. The zero-order valence-electron chi connectivity index (χ0n) is 18.0. The number of amides is 2. The maximum atomic E-state index is 13.4. The number of ether oxygens (including phenoxy) is 1. The number of hydrogen-bond donors (Lipinski definition) is 0. The molecule has 166 valence electrons. The van der Waals surface area contributed by atoms with Gasteiger partial charge in [0.15, 0.2) is 0 Å². The van der Waals surface area contributed by atoms with Crippen LogP contribution in [0.3, 0.4) is 0 Å². The Kier molecular flexibility index (Phi) is 5.81. The number of carbonyl (C=O) groups is 2. The predicted molar refractivity (Wildman–Crippen MR) is 119 cm³/mol. The van der Waals surface area contributed by atoms with E-state index in [0.29, 0.717) is 48.5 Å². The third-order valence-corrected chi connectivity index (χ3v) is 5.73. The van der Waals surface area contributed by atoms with Crippen molar-refractivity contribution in [1.82, 2.24) is 18.9 Å². The molecular weight excluding hydrogens is 412 g/mol. The van der Waals surface area contributed by atoms with Crippen molar-refractivity contribution in [3.63, 3.8) is 0 Å². The fraction of sp³-hybridized carbons (Fsp3) is 0.304. The Bertz CT molecular complexity index is 1300. The zero-order chi connectivity index (χ0) is 22.8. The van der Waals surface area contributed by atoms with Gasteiger partial charge in [0.1, 0.15) is 12.3 Å². The summed E-state index contributed by atoms with van der Waals surface area (Å²) in [4.78, 5) is 54.5. The van der Waals surface area contributed by atoms with Crippen LogP contribution in [0.4, 0.5) is 0 Å². The number of benzene rings is 2. The topological polar surface area (TPSA) is 93.8 Å². The van der Waals surface area contributed by atoms with E-state index < -0.39 is 11.2 Å². The van der Waals surface area contributed by atoms with Crippen LogP contribution in [-0.2, 0) is 16.1 Å². The smallest absolute Gasteiger partial charge is 0.336 e. The van der Waals surface area contributed by atoms with Gasteiger partial charge in [-0.25, -0.2) is 9.36 Å². The molecule has 2 aromatic carbocycles. The van der Waals surface area contributed by atoms with Crippen molar-refractivity contribution < 1.29 is 14.3 Å². The van der Waals surface area contributed by atoms with Gasteiger partial charge in [0, 0.05) is 39.2 Å². The summed E-state index contributed by atoms with van der Waals surface area (Å²) in [6, 6.07) is 13.4. The number of fused-ring (bicyclic) bond motifs is 1. The molecule has 1 aliphatic heterocycles. The average Bonchev–Trinajstić information content (AvgIpc) is 2.82. The largest absolute Gasteiger partial charge is 0.497 e. The summed E-state index contributed by atoms with van der Waals surface area (Å²) in [6.07, 6.45) is 0. The minimum absolute atomic E-state index is 0.0234. The Morgan fingerprint density at radius 1 is 0.938 bits per heavy atom. The van der Waals surface area contributed by atoms with Crippen molar-refractivity contribution in [2.45, 2.75) is 13.5 Å². The van der Waals surface area contributed by atoms with Gasteiger partial charge in [-0.2, -0.15) is 0 Å². The lowest BCUT2D eigenvalue weighted by molar-refractivity contribution is -0.138. The number of piperazine rings is 1. The molecule has 0 unspecified atom stereocenters. The third-order valence-electron chi connectivity index (χ3n) is 5.73. The van der Waals surface area contributed by atoms with Crippen molar-refractivity contribution in [2.75, 3.05) is 33.3 Å². The normalized spacial score (nSPS) is 13.9. The lowest BCUT2D eigenvalue weighted by Crippen LogP contribution is -2.51. The molecule has 0 saturated carbocycles. The predicted octanol–water partition coefficient (Wildman–Crippen LogP) is 0.852. The van der Waals surface area contributed by atoms with Crippen LogP contribution in [0.1, 0.15) is 6.92 Å². The molecule has 0 spiro atoms. The van der Waals surface area contributed by atoms with E-state index in [0.717, 1.165) is 4.57 Å². The molecule has 1 aliphatic rings. The van der Waals surface area contributed by atoms with Gasteiger partial charge >= 0.3 is 5.69 Å². The van der Waals surface area contributed by atoms with Gasteiger partial charge in [-0.05, 0) is 24.3 Å². The Morgan fingerprint density at radius 3 is 2.31 bits per heavy atom. The standard InChI is InChI=1S/C23H24N4O5/c1-16(28)24-10-12-25(13-11-24)21(29)15-26-20-9-4-3-8-19(20)22(30)27(23(26)31)17-6-5-7-18(14-17)32-2/h3-9,14H,10-13,15H2,1-2H3. The minimum atomic E-state index is -0.599. The molecule has 3 aromatic rings. The molecule has 2 amide bonds. The molecule has 1 fully saturated rings.